The molecule has 2 amide bonds. The highest BCUT2D eigenvalue weighted by molar-refractivity contribution is 5.79. The molecule has 5 nitrogen and oxygen atoms in total. The van der Waals surface area contributed by atoms with Crippen LogP contribution in [0.3, 0.4) is 0 Å². The smallest absolute Gasteiger partial charge is 0.260 e. The maximum atomic E-state index is 13.1. The first-order chi connectivity index (χ1) is 13.5. The molecule has 0 N–H and O–H groups in total. The standard InChI is InChI=1S/C22H25FN2O3/c1-17-15-19(23)8-9-20(17)28-16-22(27)25-13-11-24(12-14-25)21(26)10-7-18-5-3-2-4-6-18/h2-6,8-9,15H,7,10-14,16H2,1H3. The number of ether oxygens (including phenoxy) is 1. The molecule has 6 heteroatoms. The highest BCUT2D eigenvalue weighted by Crippen LogP contribution is 2.18. The molecule has 1 heterocycles. The summed E-state index contributed by atoms with van der Waals surface area (Å²) in [6, 6.07) is 14.2. The van der Waals surface area contributed by atoms with Gasteiger partial charge < -0.3 is 14.5 Å². The zero-order valence-corrected chi connectivity index (χ0v) is 16.1. The molecule has 0 bridgehead atoms. The normalized spacial score (nSPS) is 14.1. The molecule has 1 aliphatic rings. The first kappa shape index (κ1) is 19.9. The van der Waals surface area contributed by atoms with E-state index in [9.17, 15) is 14.0 Å². The minimum Gasteiger partial charge on any atom is -0.483 e. The molecule has 1 saturated heterocycles. The summed E-state index contributed by atoms with van der Waals surface area (Å²) < 4.78 is 18.7. The third-order valence-corrected chi connectivity index (χ3v) is 4.94. The van der Waals surface area contributed by atoms with Gasteiger partial charge >= 0.3 is 0 Å². The number of carbonyl (C=O) groups is 2. The van der Waals surface area contributed by atoms with Crippen LogP contribution < -0.4 is 4.74 Å². The van der Waals surface area contributed by atoms with Crippen LogP contribution in [0.15, 0.2) is 48.5 Å². The Morgan fingerprint density at radius 1 is 0.964 bits per heavy atom. The molecule has 0 radical (unpaired) electrons. The highest BCUT2D eigenvalue weighted by atomic mass is 19.1. The van der Waals surface area contributed by atoms with Gasteiger partial charge in [-0.15, -0.1) is 0 Å². The van der Waals surface area contributed by atoms with Crippen molar-refractivity contribution < 1.29 is 18.7 Å². The Morgan fingerprint density at radius 2 is 1.61 bits per heavy atom. The molecule has 0 spiro atoms. The average Bonchev–Trinajstić information content (AvgIpc) is 2.72. The lowest BCUT2D eigenvalue weighted by molar-refractivity contribution is -0.140. The van der Waals surface area contributed by atoms with Gasteiger partial charge in [0.25, 0.3) is 5.91 Å². The zero-order valence-electron chi connectivity index (χ0n) is 16.1. The van der Waals surface area contributed by atoms with Crippen LogP contribution >= 0.6 is 0 Å². The summed E-state index contributed by atoms with van der Waals surface area (Å²) in [6.45, 7) is 3.73. The van der Waals surface area contributed by atoms with Gasteiger partial charge in [-0.05, 0) is 42.7 Å². The molecule has 0 saturated carbocycles. The van der Waals surface area contributed by atoms with Crippen molar-refractivity contribution in [3.05, 3.63) is 65.5 Å². The fourth-order valence-electron chi connectivity index (χ4n) is 3.26. The number of rotatable bonds is 6. The number of nitrogens with zero attached hydrogens (tertiary/aromatic N) is 2. The third-order valence-electron chi connectivity index (χ3n) is 4.94. The molecular formula is C22H25FN2O3. The lowest BCUT2D eigenvalue weighted by Gasteiger charge is -2.34. The van der Waals surface area contributed by atoms with Crippen LogP contribution in [0.5, 0.6) is 5.75 Å². The van der Waals surface area contributed by atoms with Gasteiger partial charge in [-0.25, -0.2) is 4.39 Å². The van der Waals surface area contributed by atoms with E-state index in [2.05, 4.69) is 0 Å². The Morgan fingerprint density at radius 3 is 2.25 bits per heavy atom. The first-order valence-corrected chi connectivity index (χ1v) is 9.51. The number of piperazine rings is 1. The van der Waals surface area contributed by atoms with Crippen molar-refractivity contribution in [1.82, 2.24) is 9.80 Å². The molecule has 0 aliphatic carbocycles. The van der Waals surface area contributed by atoms with E-state index in [0.29, 0.717) is 43.9 Å². The molecule has 1 fully saturated rings. The average molecular weight is 384 g/mol. The number of hydrogen-bond acceptors (Lipinski definition) is 3. The van der Waals surface area contributed by atoms with Crippen molar-refractivity contribution >= 4 is 11.8 Å². The lowest BCUT2D eigenvalue weighted by Crippen LogP contribution is -2.51. The van der Waals surface area contributed by atoms with E-state index >= 15 is 0 Å². The van der Waals surface area contributed by atoms with Crippen LogP contribution in [0.2, 0.25) is 0 Å². The molecule has 2 aromatic rings. The van der Waals surface area contributed by atoms with Crippen LogP contribution in [0.25, 0.3) is 0 Å². The minimum atomic E-state index is -0.329. The Balaban J connectivity index is 1.41. The molecule has 0 atom stereocenters. The molecule has 3 rings (SSSR count). The summed E-state index contributed by atoms with van der Waals surface area (Å²) in [5, 5.41) is 0. The van der Waals surface area contributed by atoms with Crippen LogP contribution in [0.4, 0.5) is 4.39 Å². The Bertz CT molecular complexity index is 818. The van der Waals surface area contributed by atoms with E-state index in [0.717, 1.165) is 12.0 Å². The van der Waals surface area contributed by atoms with E-state index in [1.165, 1.54) is 18.2 Å². The molecule has 2 aromatic carbocycles. The summed E-state index contributed by atoms with van der Waals surface area (Å²) in [5.41, 5.74) is 1.81. The predicted octanol–water partition coefficient (Wildman–Crippen LogP) is 2.82. The largest absolute Gasteiger partial charge is 0.483 e. The van der Waals surface area contributed by atoms with Gasteiger partial charge in [0.2, 0.25) is 5.91 Å². The van der Waals surface area contributed by atoms with Crippen LogP contribution in [-0.2, 0) is 16.0 Å². The molecule has 0 unspecified atom stereocenters. The van der Waals surface area contributed by atoms with Crippen molar-refractivity contribution in [2.75, 3.05) is 32.8 Å². The van der Waals surface area contributed by atoms with Gasteiger partial charge in [0.05, 0.1) is 0 Å². The second-order valence-corrected chi connectivity index (χ2v) is 6.95. The molecule has 1 aliphatic heterocycles. The summed E-state index contributed by atoms with van der Waals surface area (Å²) >= 11 is 0. The highest BCUT2D eigenvalue weighted by Gasteiger charge is 2.24. The van der Waals surface area contributed by atoms with E-state index < -0.39 is 0 Å². The van der Waals surface area contributed by atoms with Gasteiger partial charge in [-0.1, -0.05) is 30.3 Å². The number of benzene rings is 2. The van der Waals surface area contributed by atoms with Gasteiger partial charge in [-0.2, -0.15) is 0 Å². The number of hydrogen-bond donors (Lipinski definition) is 0. The molecule has 148 valence electrons. The van der Waals surface area contributed by atoms with Crippen LogP contribution in [0, 0.1) is 12.7 Å². The summed E-state index contributed by atoms with van der Waals surface area (Å²) in [7, 11) is 0. The van der Waals surface area contributed by atoms with E-state index in [4.69, 9.17) is 4.74 Å². The topological polar surface area (TPSA) is 49.9 Å². The molecule has 0 aromatic heterocycles. The summed E-state index contributed by atoms with van der Waals surface area (Å²) in [4.78, 5) is 28.3. The quantitative estimate of drug-likeness (QED) is 0.770. The SMILES string of the molecule is Cc1cc(F)ccc1OCC(=O)N1CCN(C(=O)CCc2ccccc2)CC1. The van der Waals surface area contributed by atoms with Crippen LogP contribution in [-0.4, -0.2) is 54.4 Å². The van der Waals surface area contributed by atoms with Crippen molar-refractivity contribution in [2.45, 2.75) is 19.8 Å². The predicted molar refractivity (Wildman–Crippen MR) is 105 cm³/mol. The third kappa shape index (κ3) is 5.31. The maximum Gasteiger partial charge on any atom is 0.260 e. The second kappa shape index (κ2) is 9.35. The Hall–Kier alpha value is -2.89. The molecular weight excluding hydrogens is 359 g/mol. The Labute approximate surface area is 164 Å². The van der Waals surface area contributed by atoms with Gasteiger partial charge in [0.1, 0.15) is 11.6 Å². The van der Waals surface area contributed by atoms with Crippen molar-refractivity contribution in [2.24, 2.45) is 0 Å². The van der Waals surface area contributed by atoms with Crippen molar-refractivity contribution in [3.8, 4) is 5.75 Å². The van der Waals surface area contributed by atoms with Gasteiger partial charge in [0, 0.05) is 32.6 Å². The first-order valence-electron chi connectivity index (χ1n) is 9.51. The maximum absolute atomic E-state index is 13.1. The summed E-state index contributed by atoms with van der Waals surface area (Å²) in [5.74, 6) is 0.169. The zero-order chi connectivity index (χ0) is 19.9. The number of aryl methyl sites for hydroxylation is 2. The number of carbonyl (C=O) groups excluding carboxylic acids is 2. The molecule has 28 heavy (non-hydrogen) atoms. The number of halogens is 1. The monoisotopic (exact) mass is 384 g/mol. The second-order valence-electron chi connectivity index (χ2n) is 6.95. The van der Waals surface area contributed by atoms with E-state index in [-0.39, 0.29) is 24.2 Å². The van der Waals surface area contributed by atoms with E-state index in [1.54, 1.807) is 11.8 Å². The Kier molecular flexibility index (Phi) is 6.63. The number of amides is 2. The van der Waals surface area contributed by atoms with Gasteiger partial charge in [-0.3, -0.25) is 9.59 Å². The minimum absolute atomic E-state index is 0.0889. The van der Waals surface area contributed by atoms with Crippen molar-refractivity contribution in [1.29, 1.82) is 0 Å². The fourth-order valence-corrected chi connectivity index (χ4v) is 3.26. The fraction of sp³-hybridized carbons (Fsp3) is 0.364. The van der Waals surface area contributed by atoms with Gasteiger partial charge in [0.15, 0.2) is 6.61 Å². The lowest BCUT2D eigenvalue weighted by atomic mass is 10.1. The van der Waals surface area contributed by atoms with Crippen LogP contribution in [0.1, 0.15) is 17.5 Å². The van der Waals surface area contributed by atoms with E-state index in [1.807, 2.05) is 35.2 Å². The van der Waals surface area contributed by atoms with Crippen molar-refractivity contribution in [3.63, 3.8) is 0 Å². The summed E-state index contributed by atoms with van der Waals surface area (Å²) in [6.07, 6.45) is 1.20.